The molecular formula is C17H15F3N2O4. The smallest absolute Gasteiger partial charge is 0.328 e. The van der Waals surface area contributed by atoms with Gasteiger partial charge in [0.25, 0.3) is 5.91 Å². The summed E-state index contributed by atoms with van der Waals surface area (Å²) in [5, 5.41) is 2.19. The predicted molar refractivity (Wildman–Crippen MR) is 84.1 cm³/mol. The first-order valence-corrected chi connectivity index (χ1v) is 7.37. The van der Waals surface area contributed by atoms with E-state index in [-0.39, 0.29) is 6.42 Å². The molecule has 0 aliphatic carbocycles. The molecule has 1 aromatic heterocycles. The van der Waals surface area contributed by atoms with Crippen LogP contribution in [0.25, 0.3) is 0 Å². The van der Waals surface area contributed by atoms with Crippen LogP contribution in [0.1, 0.15) is 15.9 Å². The maximum absolute atomic E-state index is 13.7. The second-order valence-electron chi connectivity index (χ2n) is 5.21. The summed E-state index contributed by atoms with van der Waals surface area (Å²) in [5.41, 5.74) is -0.449. The molecular weight excluding hydrogens is 353 g/mol. The number of halogens is 3. The van der Waals surface area contributed by atoms with Crippen molar-refractivity contribution in [1.29, 1.82) is 0 Å². The van der Waals surface area contributed by atoms with Gasteiger partial charge in [0, 0.05) is 30.8 Å². The van der Waals surface area contributed by atoms with Gasteiger partial charge in [-0.1, -0.05) is 6.07 Å². The molecule has 0 radical (unpaired) electrons. The second kappa shape index (κ2) is 8.32. The van der Waals surface area contributed by atoms with Crippen molar-refractivity contribution in [1.82, 2.24) is 10.3 Å². The highest BCUT2D eigenvalue weighted by Crippen LogP contribution is 2.16. The Morgan fingerprint density at radius 2 is 1.81 bits per heavy atom. The molecule has 0 unspecified atom stereocenters. The third kappa shape index (κ3) is 4.50. The molecule has 0 bridgehead atoms. The normalized spacial score (nSPS) is 11.6. The topological polar surface area (TPSA) is 77.5 Å². The van der Waals surface area contributed by atoms with Gasteiger partial charge in [0.15, 0.2) is 0 Å². The largest absolute Gasteiger partial charge is 0.481 e. The van der Waals surface area contributed by atoms with E-state index in [2.05, 4.69) is 15.0 Å². The Morgan fingerprint density at radius 1 is 1.15 bits per heavy atom. The van der Waals surface area contributed by atoms with Crippen LogP contribution in [0.4, 0.5) is 13.2 Å². The van der Waals surface area contributed by atoms with Crippen molar-refractivity contribution in [3.8, 4) is 5.88 Å². The highest BCUT2D eigenvalue weighted by Gasteiger charge is 2.26. The highest BCUT2D eigenvalue weighted by molar-refractivity contribution is 5.97. The number of pyridine rings is 1. The molecule has 138 valence electrons. The molecule has 0 saturated carbocycles. The Bertz CT molecular complexity index is 789. The Hall–Kier alpha value is -3.10. The van der Waals surface area contributed by atoms with Crippen molar-refractivity contribution < 1.29 is 32.2 Å². The lowest BCUT2D eigenvalue weighted by molar-refractivity contribution is -0.142. The third-order valence-electron chi connectivity index (χ3n) is 3.47. The fourth-order valence-electron chi connectivity index (χ4n) is 2.21. The molecule has 0 fully saturated rings. The van der Waals surface area contributed by atoms with Crippen molar-refractivity contribution in [2.45, 2.75) is 12.5 Å². The standard InChI is InChI=1S/C17H15F3N2O4/c1-25-14-4-3-9(8-21-14)5-13(17(24)26-2)22-16(23)15-11(19)6-10(18)7-12(15)20/h3-4,6-8,13H,5H2,1-2H3,(H,22,23)/t13-/m0/s1. The molecule has 1 atom stereocenters. The molecule has 26 heavy (non-hydrogen) atoms. The van der Waals surface area contributed by atoms with Crippen LogP contribution in [-0.4, -0.2) is 37.1 Å². The van der Waals surface area contributed by atoms with Crippen LogP contribution in [0.2, 0.25) is 0 Å². The average molecular weight is 368 g/mol. The molecule has 0 aliphatic heterocycles. The zero-order valence-corrected chi connectivity index (χ0v) is 13.9. The van der Waals surface area contributed by atoms with E-state index in [9.17, 15) is 22.8 Å². The molecule has 2 rings (SSSR count). The average Bonchev–Trinajstić information content (AvgIpc) is 2.60. The maximum atomic E-state index is 13.7. The lowest BCUT2D eigenvalue weighted by Crippen LogP contribution is -2.43. The van der Waals surface area contributed by atoms with Crippen molar-refractivity contribution in [2.24, 2.45) is 0 Å². The molecule has 1 heterocycles. The fourth-order valence-corrected chi connectivity index (χ4v) is 2.21. The van der Waals surface area contributed by atoms with Gasteiger partial charge in [0.2, 0.25) is 5.88 Å². The maximum Gasteiger partial charge on any atom is 0.328 e. The molecule has 6 nitrogen and oxygen atoms in total. The SMILES string of the molecule is COC(=O)[C@H](Cc1ccc(OC)nc1)NC(=O)c1c(F)cc(F)cc1F. The quantitative estimate of drug-likeness (QED) is 0.790. The third-order valence-corrected chi connectivity index (χ3v) is 3.47. The second-order valence-corrected chi connectivity index (χ2v) is 5.21. The highest BCUT2D eigenvalue weighted by atomic mass is 19.1. The van der Waals surface area contributed by atoms with Crippen molar-refractivity contribution in [3.63, 3.8) is 0 Å². The van der Waals surface area contributed by atoms with Crippen molar-refractivity contribution >= 4 is 11.9 Å². The first-order chi connectivity index (χ1) is 12.3. The number of hydrogen-bond acceptors (Lipinski definition) is 5. The summed E-state index contributed by atoms with van der Waals surface area (Å²) in [5.74, 6) is -5.60. The summed E-state index contributed by atoms with van der Waals surface area (Å²) in [7, 11) is 2.54. The van der Waals surface area contributed by atoms with E-state index in [4.69, 9.17) is 4.74 Å². The summed E-state index contributed by atoms with van der Waals surface area (Å²) < 4.78 is 49.9. The van der Waals surface area contributed by atoms with Gasteiger partial charge in [-0.25, -0.2) is 22.9 Å². The zero-order valence-electron chi connectivity index (χ0n) is 13.9. The van der Waals surface area contributed by atoms with Crippen molar-refractivity contribution in [2.75, 3.05) is 14.2 Å². The number of ether oxygens (including phenoxy) is 2. The minimum atomic E-state index is -1.38. The van der Waals surface area contributed by atoms with Gasteiger partial charge in [-0.2, -0.15) is 0 Å². The van der Waals surface area contributed by atoms with Gasteiger partial charge in [0.1, 0.15) is 29.1 Å². The van der Waals surface area contributed by atoms with E-state index < -0.39 is 40.9 Å². The van der Waals surface area contributed by atoms with Gasteiger partial charge in [0.05, 0.1) is 14.2 Å². The van der Waals surface area contributed by atoms with Crippen molar-refractivity contribution in [3.05, 3.63) is 59.0 Å². The number of carbonyl (C=O) groups excluding carboxylic acids is 2. The van der Waals surface area contributed by atoms with Gasteiger partial charge >= 0.3 is 5.97 Å². The Kier molecular flexibility index (Phi) is 6.16. The lowest BCUT2D eigenvalue weighted by Gasteiger charge is -2.17. The van der Waals surface area contributed by atoms with Crippen LogP contribution in [0, 0.1) is 17.5 Å². The van der Waals surface area contributed by atoms with Crippen LogP contribution in [0.5, 0.6) is 5.88 Å². The van der Waals surface area contributed by atoms with Crippen LogP contribution in [0.3, 0.4) is 0 Å². The number of esters is 1. The minimum Gasteiger partial charge on any atom is -0.481 e. The van der Waals surface area contributed by atoms with Gasteiger partial charge in [-0.05, 0) is 5.56 Å². The summed E-state index contributed by atoms with van der Waals surface area (Å²) in [6.07, 6.45) is 1.37. The van der Waals surface area contributed by atoms with E-state index in [1.807, 2.05) is 0 Å². The summed E-state index contributed by atoms with van der Waals surface area (Å²) in [6.45, 7) is 0. The number of benzene rings is 1. The molecule has 0 saturated heterocycles. The number of nitrogens with one attached hydrogen (secondary N) is 1. The Morgan fingerprint density at radius 3 is 2.31 bits per heavy atom. The zero-order chi connectivity index (χ0) is 19.3. The lowest BCUT2D eigenvalue weighted by atomic mass is 10.1. The number of nitrogens with zero attached hydrogens (tertiary/aromatic N) is 1. The molecule has 1 N–H and O–H groups in total. The monoisotopic (exact) mass is 368 g/mol. The predicted octanol–water partition coefficient (Wildman–Crippen LogP) is 2.02. The summed E-state index contributed by atoms with van der Waals surface area (Å²) in [4.78, 5) is 28.0. The molecule has 2 aromatic rings. The fraction of sp³-hybridized carbons (Fsp3) is 0.235. The molecule has 0 aliphatic rings. The van der Waals surface area contributed by atoms with Crippen LogP contribution >= 0.6 is 0 Å². The number of rotatable bonds is 6. The molecule has 0 spiro atoms. The Balaban J connectivity index is 2.22. The van der Waals surface area contributed by atoms with E-state index >= 15 is 0 Å². The number of methoxy groups -OCH3 is 2. The molecule has 9 heteroatoms. The van der Waals surface area contributed by atoms with Gasteiger partial charge in [-0.3, -0.25) is 4.79 Å². The Labute approximate surface area is 146 Å². The summed E-state index contributed by atoms with van der Waals surface area (Å²) in [6, 6.07) is 2.67. The van der Waals surface area contributed by atoms with E-state index in [1.165, 1.54) is 13.3 Å². The van der Waals surface area contributed by atoms with E-state index in [0.29, 0.717) is 23.6 Å². The number of amides is 1. The minimum absolute atomic E-state index is 0.0418. The molecule has 1 aromatic carbocycles. The first kappa shape index (κ1) is 19.2. The van der Waals surface area contributed by atoms with Gasteiger partial charge < -0.3 is 14.8 Å². The molecule has 1 amide bonds. The first-order valence-electron chi connectivity index (χ1n) is 7.37. The number of hydrogen-bond donors (Lipinski definition) is 1. The van der Waals surface area contributed by atoms with Crippen LogP contribution in [-0.2, 0) is 16.0 Å². The van der Waals surface area contributed by atoms with Gasteiger partial charge in [-0.15, -0.1) is 0 Å². The van der Waals surface area contributed by atoms with E-state index in [0.717, 1.165) is 7.11 Å². The van der Waals surface area contributed by atoms with Crippen LogP contribution in [0.15, 0.2) is 30.5 Å². The number of aromatic nitrogens is 1. The van der Waals surface area contributed by atoms with E-state index in [1.54, 1.807) is 12.1 Å². The van der Waals surface area contributed by atoms with Crippen LogP contribution < -0.4 is 10.1 Å². The number of carbonyl (C=O) groups is 2. The summed E-state index contributed by atoms with van der Waals surface area (Å²) >= 11 is 0.